The monoisotopic (exact) mass is 246 g/mol. The lowest BCUT2D eigenvalue weighted by Gasteiger charge is -2.26. The van der Waals surface area contributed by atoms with Crippen LogP contribution in [-0.4, -0.2) is 47.4 Å². The molecule has 0 aromatic carbocycles. The average molecular weight is 246 g/mol. The minimum absolute atomic E-state index is 0.107. The Morgan fingerprint density at radius 1 is 1.31 bits per heavy atom. The topological polar surface area (TPSA) is 88.1 Å². The Hall–Kier alpha value is -0.750. The van der Waals surface area contributed by atoms with E-state index >= 15 is 0 Å². The second-order valence-corrected chi connectivity index (χ2v) is 5.00. The predicted octanol–water partition coefficient (Wildman–Crippen LogP) is -1.91. The van der Waals surface area contributed by atoms with Crippen molar-refractivity contribution in [2.24, 2.45) is 0 Å². The summed E-state index contributed by atoms with van der Waals surface area (Å²) in [7, 11) is 0. The summed E-state index contributed by atoms with van der Waals surface area (Å²) in [6.07, 6.45) is 3.35. The molecular weight excluding hydrogens is 228 g/mol. The van der Waals surface area contributed by atoms with E-state index < -0.39 is 12.0 Å². The van der Waals surface area contributed by atoms with Gasteiger partial charge in [0.2, 0.25) is 5.91 Å². The molecule has 0 aromatic rings. The maximum absolute atomic E-state index is 11.7. The fourth-order valence-corrected chi connectivity index (χ4v) is 2.49. The minimum atomic E-state index is -1.15. The maximum atomic E-state index is 11.7. The van der Waals surface area contributed by atoms with Gasteiger partial charge in [0.15, 0.2) is 0 Å². The molecule has 6 heteroatoms. The third-order valence-electron chi connectivity index (χ3n) is 2.59. The van der Waals surface area contributed by atoms with Gasteiger partial charge in [-0.2, -0.15) is 0 Å². The quantitative estimate of drug-likeness (QED) is 0.613. The first-order valence-electron chi connectivity index (χ1n) is 5.50. The number of hydrogen-bond acceptors (Lipinski definition) is 4. The van der Waals surface area contributed by atoms with E-state index in [4.69, 9.17) is 0 Å². The van der Waals surface area contributed by atoms with Gasteiger partial charge in [-0.25, -0.2) is 0 Å². The highest BCUT2D eigenvalue weighted by Crippen LogP contribution is 2.11. The van der Waals surface area contributed by atoms with Crippen LogP contribution in [0.15, 0.2) is 0 Å². The van der Waals surface area contributed by atoms with E-state index in [1.807, 2.05) is 4.90 Å². The fourth-order valence-electron chi connectivity index (χ4n) is 1.59. The van der Waals surface area contributed by atoms with Crippen LogP contribution in [0.4, 0.5) is 0 Å². The highest BCUT2D eigenvalue weighted by molar-refractivity contribution is 8.00. The van der Waals surface area contributed by atoms with Crippen molar-refractivity contribution in [1.29, 1.82) is 0 Å². The number of rotatable bonds is 5. The molecule has 1 aliphatic heterocycles. The molecule has 5 nitrogen and oxygen atoms in total. The second-order valence-electron chi connectivity index (χ2n) is 3.97. The number of carbonyl (C=O) groups is 2. The van der Waals surface area contributed by atoms with E-state index in [1.54, 1.807) is 0 Å². The third-order valence-corrected chi connectivity index (χ3v) is 3.68. The second kappa shape index (κ2) is 6.75. The van der Waals surface area contributed by atoms with Crippen LogP contribution in [-0.2, 0) is 9.59 Å². The maximum Gasteiger partial charge on any atom is 0.232 e. The van der Waals surface area contributed by atoms with E-state index in [0.29, 0.717) is 11.5 Å². The molecule has 1 amide bonds. The van der Waals surface area contributed by atoms with Crippen molar-refractivity contribution < 1.29 is 20.4 Å². The molecule has 1 aliphatic rings. The van der Waals surface area contributed by atoms with Gasteiger partial charge >= 0.3 is 0 Å². The Balaban J connectivity index is 2.16. The van der Waals surface area contributed by atoms with Crippen molar-refractivity contribution in [3.8, 4) is 0 Å². The fraction of sp³-hybridized carbons (Fsp3) is 0.800. The molecule has 3 N–H and O–H groups in total. The standard InChI is InChI=1S/C10H18N2O3S/c11-8(10(14)15)6-16-7-9(13)12-4-2-1-3-5-12/h8H,1-7,11H2,(H,14,15)/t8-/m0/s1. The molecule has 1 fully saturated rings. The van der Waals surface area contributed by atoms with Crippen LogP contribution >= 0.6 is 11.8 Å². The smallest absolute Gasteiger partial charge is 0.232 e. The van der Waals surface area contributed by atoms with Crippen molar-refractivity contribution in [2.75, 3.05) is 24.6 Å². The Bertz CT molecular complexity index is 254. The lowest BCUT2D eigenvalue weighted by atomic mass is 10.1. The third kappa shape index (κ3) is 4.40. The lowest BCUT2D eigenvalue weighted by molar-refractivity contribution is -0.431. The number of aliphatic carboxylic acids is 1. The number of nitrogens with zero attached hydrogens (tertiary/aromatic N) is 1. The van der Waals surface area contributed by atoms with Crippen LogP contribution in [0.3, 0.4) is 0 Å². The first-order chi connectivity index (χ1) is 7.61. The van der Waals surface area contributed by atoms with Crippen molar-refractivity contribution in [3.05, 3.63) is 0 Å². The summed E-state index contributed by atoms with van der Waals surface area (Å²) in [5.74, 6) is -0.366. The Kier molecular flexibility index (Phi) is 5.62. The normalized spacial score (nSPS) is 18.2. The summed E-state index contributed by atoms with van der Waals surface area (Å²) < 4.78 is 0. The van der Waals surface area contributed by atoms with Crippen LogP contribution in [0.25, 0.3) is 0 Å². The van der Waals surface area contributed by atoms with Gasteiger partial charge in [0, 0.05) is 13.1 Å². The molecule has 0 radical (unpaired) electrons. The number of hydrogen-bond donors (Lipinski definition) is 1. The zero-order valence-electron chi connectivity index (χ0n) is 9.31. The molecule has 1 rings (SSSR count). The van der Waals surface area contributed by atoms with Gasteiger partial charge in [-0.1, -0.05) is 0 Å². The average Bonchev–Trinajstić information content (AvgIpc) is 2.29. The summed E-state index contributed by atoms with van der Waals surface area (Å²) in [6.45, 7) is 1.68. The summed E-state index contributed by atoms with van der Waals surface area (Å²) in [6, 6.07) is -0.737. The summed E-state index contributed by atoms with van der Waals surface area (Å²) in [4.78, 5) is 23.9. The van der Waals surface area contributed by atoms with Gasteiger partial charge in [0.25, 0.3) is 0 Å². The number of amides is 1. The number of likely N-dealkylation sites (tertiary alicyclic amines) is 1. The molecule has 0 aromatic heterocycles. The SMILES string of the molecule is [NH3+][C@@H](CSCC(=O)N1CCCCC1)C(=O)[O-]. The molecule has 0 spiro atoms. The van der Waals surface area contributed by atoms with E-state index in [9.17, 15) is 14.7 Å². The Morgan fingerprint density at radius 2 is 1.94 bits per heavy atom. The van der Waals surface area contributed by atoms with Crippen LogP contribution in [0.2, 0.25) is 0 Å². The summed E-state index contributed by atoms with van der Waals surface area (Å²) in [5.41, 5.74) is 3.44. The largest absolute Gasteiger partial charge is 0.544 e. The molecule has 1 atom stereocenters. The summed E-state index contributed by atoms with van der Waals surface area (Å²) >= 11 is 1.32. The number of quaternary nitrogens is 1. The summed E-state index contributed by atoms with van der Waals surface area (Å²) in [5, 5.41) is 10.4. The van der Waals surface area contributed by atoms with E-state index in [-0.39, 0.29) is 5.91 Å². The van der Waals surface area contributed by atoms with Crippen LogP contribution in [0.5, 0.6) is 0 Å². The lowest BCUT2D eigenvalue weighted by Crippen LogP contribution is -2.69. The molecule has 0 bridgehead atoms. The van der Waals surface area contributed by atoms with Gasteiger partial charge < -0.3 is 20.5 Å². The zero-order chi connectivity index (χ0) is 12.0. The molecule has 92 valence electrons. The van der Waals surface area contributed by atoms with Crippen molar-refractivity contribution in [3.63, 3.8) is 0 Å². The van der Waals surface area contributed by atoms with E-state index in [1.165, 1.54) is 18.2 Å². The first-order valence-corrected chi connectivity index (χ1v) is 6.66. The van der Waals surface area contributed by atoms with Crippen LogP contribution < -0.4 is 10.8 Å². The Labute approximate surface area is 99.4 Å². The molecule has 1 heterocycles. The van der Waals surface area contributed by atoms with E-state index in [0.717, 1.165) is 25.9 Å². The van der Waals surface area contributed by atoms with Gasteiger partial charge in [0.05, 0.1) is 17.5 Å². The molecular formula is C10H18N2O3S. The van der Waals surface area contributed by atoms with Crippen molar-refractivity contribution in [1.82, 2.24) is 4.90 Å². The molecule has 0 unspecified atom stereocenters. The van der Waals surface area contributed by atoms with Crippen molar-refractivity contribution in [2.45, 2.75) is 25.3 Å². The van der Waals surface area contributed by atoms with Crippen LogP contribution in [0.1, 0.15) is 19.3 Å². The molecule has 16 heavy (non-hydrogen) atoms. The highest BCUT2D eigenvalue weighted by Gasteiger charge is 2.17. The van der Waals surface area contributed by atoms with Gasteiger partial charge in [0.1, 0.15) is 6.04 Å². The van der Waals surface area contributed by atoms with E-state index in [2.05, 4.69) is 5.73 Å². The predicted molar refractivity (Wildman–Crippen MR) is 59.4 cm³/mol. The number of carboxylic acid groups (broad SMARTS) is 1. The first kappa shape index (κ1) is 13.3. The number of carboxylic acids is 1. The molecule has 1 saturated heterocycles. The van der Waals surface area contributed by atoms with Gasteiger partial charge in [-0.15, -0.1) is 11.8 Å². The number of piperidine rings is 1. The zero-order valence-corrected chi connectivity index (χ0v) is 10.1. The minimum Gasteiger partial charge on any atom is -0.544 e. The van der Waals surface area contributed by atoms with Gasteiger partial charge in [-0.3, -0.25) is 4.79 Å². The number of carbonyl (C=O) groups excluding carboxylic acids is 2. The van der Waals surface area contributed by atoms with Crippen molar-refractivity contribution >= 4 is 23.6 Å². The Morgan fingerprint density at radius 3 is 2.50 bits per heavy atom. The molecule has 0 saturated carbocycles. The molecule has 0 aliphatic carbocycles. The van der Waals surface area contributed by atoms with Gasteiger partial charge in [-0.05, 0) is 19.3 Å². The van der Waals surface area contributed by atoms with Crippen LogP contribution in [0, 0.1) is 0 Å². The number of thioether (sulfide) groups is 1. The highest BCUT2D eigenvalue weighted by atomic mass is 32.2.